The van der Waals surface area contributed by atoms with Crippen LogP contribution >= 0.6 is 0 Å². The summed E-state index contributed by atoms with van der Waals surface area (Å²) in [6.07, 6.45) is 0.839. The van der Waals surface area contributed by atoms with Crippen LogP contribution in [0.4, 0.5) is 0 Å². The van der Waals surface area contributed by atoms with E-state index in [2.05, 4.69) is 23.9 Å². The predicted octanol–water partition coefficient (Wildman–Crippen LogP) is 2.29. The highest BCUT2D eigenvalue weighted by Crippen LogP contribution is 2.17. The number of hydrogen-bond donors (Lipinski definition) is 2. The monoisotopic (exact) mass is 284 g/mol. The Morgan fingerprint density at radius 3 is 2.47 bits per heavy atom. The number of hydrogen-bond acceptors (Lipinski definition) is 3. The molecule has 0 aliphatic heterocycles. The minimum atomic E-state index is -3.40. The first kappa shape index (κ1) is 16.1. The average Bonchev–Trinajstić information content (AvgIpc) is 2.37. The molecule has 0 aromatic heterocycles. The molecule has 0 bridgehead atoms. The normalized spacial score (nSPS) is 13.7. The van der Waals surface area contributed by atoms with E-state index in [9.17, 15) is 8.42 Å². The van der Waals surface area contributed by atoms with Crippen molar-refractivity contribution in [3.8, 4) is 0 Å². The van der Waals surface area contributed by atoms with Gasteiger partial charge in [-0.05, 0) is 44.0 Å². The first-order chi connectivity index (χ1) is 8.86. The lowest BCUT2D eigenvalue weighted by molar-refractivity contribution is 0.551. The van der Waals surface area contributed by atoms with E-state index >= 15 is 0 Å². The Labute approximate surface area is 116 Å². The van der Waals surface area contributed by atoms with Crippen LogP contribution in [0.2, 0.25) is 0 Å². The van der Waals surface area contributed by atoms with E-state index in [1.54, 1.807) is 18.2 Å². The zero-order chi connectivity index (χ0) is 14.5. The van der Waals surface area contributed by atoms with Crippen molar-refractivity contribution in [3.63, 3.8) is 0 Å². The summed E-state index contributed by atoms with van der Waals surface area (Å²) >= 11 is 0. The van der Waals surface area contributed by atoms with Crippen LogP contribution in [-0.4, -0.2) is 22.0 Å². The Bertz CT molecular complexity index is 498. The smallest absolute Gasteiger partial charge is 0.240 e. The highest BCUT2D eigenvalue weighted by atomic mass is 32.2. The Kier molecular flexibility index (Phi) is 5.97. The summed E-state index contributed by atoms with van der Waals surface area (Å²) in [7, 11) is -1.54. The molecule has 0 radical (unpaired) electrons. The first-order valence-electron chi connectivity index (χ1n) is 6.63. The van der Waals surface area contributed by atoms with E-state index in [1.165, 1.54) is 0 Å². The maximum absolute atomic E-state index is 12.1. The maximum atomic E-state index is 12.1. The maximum Gasteiger partial charge on any atom is 0.240 e. The van der Waals surface area contributed by atoms with Crippen LogP contribution in [0.5, 0.6) is 0 Å². The molecular formula is C14H24N2O2S. The van der Waals surface area contributed by atoms with E-state index < -0.39 is 10.0 Å². The van der Waals surface area contributed by atoms with Gasteiger partial charge in [0, 0.05) is 12.6 Å². The number of nitrogens with one attached hydrogen (secondary N) is 2. The second-order valence-electron chi connectivity index (χ2n) is 5.16. The molecule has 1 unspecified atom stereocenters. The molecule has 2 N–H and O–H groups in total. The second-order valence-corrected chi connectivity index (χ2v) is 6.93. The molecule has 0 saturated carbocycles. The van der Waals surface area contributed by atoms with Crippen molar-refractivity contribution in [1.82, 2.24) is 10.0 Å². The third-order valence-corrected chi connectivity index (χ3v) is 4.57. The first-order valence-corrected chi connectivity index (χ1v) is 8.12. The predicted molar refractivity (Wildman–Crippen MR) is 78.6 cm³/mol. The summed E-state index contributed by atoms with van der Waals surface area (Å²) in [4.78, 5) is 0.329. The van der Waals surface area contributed by atoms with Gasteiger partial charge in [0.1, 0.15) is 0 Å². The molecule has 5 heteroatoms. The Balaban J connectivity index is 2.83. The SMILES string of the molecule is CNC(C)c1cccc(S(=O)(=O)NCCC(C)C)c1. The third kappa shape index (κ3) is 4.93. The van der Waals surface area contributed by atoms with Gasteiger partial charge in [-0.15, -0.1) is 0 Å². The van der Waals surface area contributed by atoms with Crippen LogP contribution in [0.15, 0.2) is 29.2 Å². The molecule has 108 valence electrons. The van der Waals surface area contributed by atoms with E-state index in [0.717, 1.165) is 12.0 Å². The molecule has 0 aliphatic rings. The molecule has 0 aliphatic carbocycles. The van der Waals surface area contributed by atoms with E-state index in [4.69, 9.17) is 0 Å². The van der Waals surface area contributed by atoms with Gasteiger partial charge < -0.3 is 5.32 Å². The largest absolute Gasteiger partial charge is 0.313 e. The van der Waals surface area contributed by atoms with E-state index in [1.807, 2.05) is 20.0 Å². The van der Waals surface area contributed by atoms with Crippen LogP contribution in [0, 0.1) is 5.92 Å². The van der Waals surface area contributed by atoms with Gasteiger partial charge in [-0.3, -0.25) is 0 Å². The molecule has 0 heterocycles. The summed E-state index contributed by atoms with van der Waals surface area (Å²) in [6.45, 7) is 6.62. The number of sulfonamides is 1. The fraction of sp³-hybridized carbons (Fsp3) is 0.571. The van der Waals surface area contributed by atoms with Crippen molar-refractivity contribution >= 4 is 10.0 Å². The van der Waals surface area contributed by atoms with Gasteiger partial charge in [0.15, 0.2) is 0 Å². The molecule has 4 nitrogen and oxygen atoms in total. The third-order valence-electron chi connectivity index (χ3n) is 3.12. The van der Waals surface area contributed by atoms with Gasteiger partial charge >= 0.3 is 0 Å². The lowest BCUT2D eigenvalue weighted by Gasteiger charge is -2.13. The van der Waals surface area contributed by atoms with Gasteiger partial charge in [-0.2, -0.15) is 0 Å². The van der Waals surface area contributed by atoms with Gasteiger partial charge in [0.25, 0.3) is 0 Å². The molecule has 0 saturated heterocycles. The Morgan fingerprint density at radius 1 is 1.21 bits per heavy atom. The summed E-state index contributed by atoms with van der Waals surface area (Å²) in [5, 5.41) is 3.10. The molecule has 0 fully saturated rings. The fourth-order valence-electron chi connectivity index (χ4n) is 1.68. The van der Waals surface area contributed by atoms with Crippen molar-refractivity contribution in [2.75, 3.05) is 13.6 Å². The summed E-state index contributed by atoms with van der Waals surface area (Å²) in [5.74, 6) is 0.485. The number of rotatable bonds is 7. The minimum absolute atomic E-state index is 0.130. The van der Waals surface area contributed by atoms with Gasteiger partial charge in [0.05, 0.1) is 4.90 Å². The Hall–Kier alpha value is -0.910. The van der Waals surface area contributed by atoms with Crippen molar-refractivity contribution < 1.29 is 8.42 Å². The van der Waals surface area contributed by atoms with Crippen LogP contribution in [0.3, 0.4) is 0 Å². The molecule has 19 heavy (non-hydrogen) atoms. The highest BCUT2D eigenvalue weighted by molar-refractivity contribution is 7.89. The van der Waals surface area contributed by atoms with Crippen molar-refractivity contribution in [1.29, 1.82) is 0 Å². The molecule has 1 aromatic carbocycles. The summed E-state index contributed by atoms with van der Waals surface area (Å²) in [6, 6.07) is 7.18. The molecule has 1 atom stereocenters. The summed E-state index contributed by atoms with van der Waals surface area (Å²) < 4.78 is 26.9. The molecule has 1 aromatic rings. The van der Waals surface area contributed by atoms with E-state index in [-0.39, 0.29) is 6.04 Å². The zero-order valence-corrected chi connectivity index (χ0v) is 12.9. The lowest BCUT2D eigenvalue weighted by atomic mass is 10.1. The standard InChI is InChI=1S/C14H24N2O2S/c1-11(2)8-9-16-19(17,18)14-7-5-6-13(10-14)12(3)15-4/h5-7,10-12,15-16H,8-9H2,1-4H3. The van der Waals surface area contributed by atoms with E-state index in [0.29, 0.717) is 17.4 Å². The van der Waals surface area contributed by atoms with Gasteiger partial charge in [-0.1, -0.05) is 26.0 Å². The van der Waals surface area contributed by atoms with Gasteiger partial charge in [-0.25, -0.2) is 13.1 Å². The molecule has 1 rings (SSSR count). The lowest BCUT2D eigenvalue weighted by Crippen LogP contribution is -2.26. The fourth-order valence-corrected chi connectivity index (χ4v) is 2.79. The molecular weight excluding hydrogens is 260 g/mol. The van der Waals surface area contributed by atoms with Crippen LogP contribution in [0.1, 0.15) is 38.8 Å². The molecule has 0 spiro atoms. The Morgan fingerprint density at radius 2 is 1.89 bits per heavy atom. The van der Waals surface area contributed by atoms with Crippen LogP contribution in [0.25, 0.3) is 0 Å². The quantitative estimate of drug-likeness (QED) is 0.807. The van der Waals surface area contributed by atoms with Crippen molar-refractivity contribution in [2.45, 2.75) is 38.1 Å². The number of benzene rings is 1. The summed E-state index contributed by atoms with van der Waals surface area (Å²) in [5.41, 5.74) is 0.967. The molecule has 0 amide bonds. The zero-order valence-electron chi connectivity index (χ0n) is 12.1. The van der Waals surface area contributed by atoms with Crippen molar-refractivity contribution in [2.24, 2.45) is 5.92 Å². The highest BCUT2D eigenvalue weighted by Gasteiger charge is 2.15. The second kappa shape index (κ2) is 7.03. The average molecular weight is 284 g/mol. The van der Waals surface area contributed by atoms with Crippen LogP contribution < -0.4 is 10.0 Å². The topological polar surface area (TPSA) is 58.2 Å². The minimum Gasteiger partial charge on any atom is -0.313 e. The van der Waals surface area contributed by atoms with Gasteiger partial charge in [0.2, 0.25) is 10.0 Å². The van der Waals surface area contributed by atoms with Crippen molar-refractivity contribution in [3.05, 3.63) is 29.8 Å². The van der Waals surface area contributed by atoms with Crippen LogP contribution in [-0.2, 0) is 10.0 Å².